The Balaban J connectivity index is 1.68. The summed E-state index contributed by atoms with van der Waals surface area (Å²) in [5, 5.41) is 16.0. The maximum Gasteiger partial charge on any atom is 0.251 e. The van der Waals surface area contributed by atoms with Crippen LogP contribution in [0.3, 0.4) is 0 Å². The van der Waals surface area contributed by atoms with Crippen molar-refractivity contribution >= 4 is 33.2 Å². The van der Waals surface area contributed by atoms with Crippen LogP contribution in [-0.2, 0) is 11.2 Å². The van der Waals surface area contributed by atoms with Crippen LogP contribution < -0.4 is 22.4 Å². The number of rotatable bonds is 9. The van der Waals surface area contributed by atoms with E-state index in [2.05, 4.69) is 5.32 Å². The Morgan fingerprint density at radius 2 is 1.91 bits per heavy atom. The number of thiophene rings is 1. The van der Waals surface area contributed by atoms with Gasteiger partial charge < -0.3 is 16.1 Å². The largest absolute Gasteiger partial charge is 0.399 e. The summed E-state index contributed by atoms with van der Waals surface area (Å²) in [4.78, 5) is 24.0. The predicted molar refractivity (Wildman–Crippen MR) is 121 cm³/mol. The molecule has 7 N–H and O–H groups in total. The lowest BCUT2D eigenvalue weighted by Crippen LogP contribution is -2.42. The zero-order valence-electron chi connectivity index (χ0n) is 17.1. The number of hydrogen-bond donors (Lipinski definition) is 5. The Morgan fingerprint density at radius 1 is 1.19 bits per heavy atom. The highest BCUT2D eigenvalue weighted by Crippen LogP contribution is 2.27. The third kappa shape index (κ3) is 6.03. The van der Waals surface area contributed by atoms with Crippen LogP contribution in [0.1, 0.15) is 22.3 Å². The molecule has 2 aromatic carbocycles. The van der Waals surface area contributed by atoms with Crippen molar-refractivity contribution in [2.24, 2.45) is 11.6 Å². The van der Waals surface area contributed by atoms with Crippen molar-refractivity contribution in [3.05, 3.63) is 82.8 Å². The Kier molecular flexibility index (Phi) is 7.77. The minimum Gasteiger partial charge on any atom is -0.399 e. The SMILES string of the molecule is N/C(=C\N(N)C(CC(=O)NO)Cc1csc2ccccc12)CNC(=O)c1ccc(F)cc1. The summed E-state index contributed by atoms with van der Waals surface area (Å²) in [5.41, 5.74) is 9.21. The van der Waals surface area contributed by atoms with Gasteiger partial charge in [-0.25, -0.2) is 15.7 Å². The van der Waals surface area contributed by atoms with Crippen LogP contribution in [0.15, 0.2) is 65.8 Å². The number of halogens is 1. The Bertz CT molecular complexity index is 1120. The third-order valence-electron chi connectivity index (χ3n) is 4.86. The molecule has 0 radical (unpaired) electrons. The van der Waals surface area contributed by atoms with E-state index in [0.717, 1.165) is 15.6 Å². The molecule has 0 saturated carbocycles. The molecule has 0 saturated heterocycles. The Morgan fingerprint density at radius 3 is 2.62 bits per heavy atom. The van der Waals surface area contributed by atoms with Gasteiger partial charge in [0.1, 0.15) is 5.82 Å². The average Bonchev–Trinajstić information content (AvgIpc) is 3.20. The lowest BCUT2D eigenvalue weighted by Gasteiger charge is -2.26. The van der Waals surface area contributed by atoms with Crippen LogP contribution in [0.5, 0.6) is 0 Å². The maximum atomic E-state index is 13.0. The van der Waals surface area contributed by atoms with Crippen molar-refractivity contribution in [1.29, 1.82) is 0 Å². The van der Waals surface area contributed by atoms with E-state index >= 15 is 0 Å². The van der Waals surface area contributed by atoms with E-state index in [0.29, 0.717) is 12.0 Å². The number of nitrogens with zero attached hydrogens (tertiary/aromatic N) is 1. The van der Waals surface area contributed by atoms with E-state index in [1.165, 1.54) is 35.5 Å². The molecule has 8 nitrogen and oxygen atoms in total. The number of hydroxylamine groups is 1. The molecule has 0 aliphatic rings. The number of benzene rings is 2. The van der Waals surface area contributed by atoms with Gasteiger partial charge in [-0.15, -0.1) is 11.3 Å². The number of hydrogen-bond acceptors (Lipinski definition) is 7. The minimum atomic E-state index is -0.582. The molecule has 0 aliphatic carbocycles. The van der Waals surface area contributed by atoms with Gasteiger partial charge >= 0.3 is 0 Å². The summed E-state index contributed by atoms with van der Waals surface area (Å²) in [6.45, 7) is 0.00417. The van der Waals surface area contributed by atoms with Gasteiger partial charge in [0, 0.05) is 22.2 Å². The van der Waals surface area contributed by atoms with Crippen LogP contribution in [0, 0.1) is 5.82 Å². The molecule has 0 bridgehead atoms. The molecule has 32 heavy (non-hydrogen) atoms. The van der Waals surface area contributed by atoms with Crippen LogP contribution in [0.4, 0.5) is 4.39 Å². The summed E-state index contributed by atoms with van der Waals surface area (Å²) in [7, 11) is 0. The van der Waals surface area contributed by atoms with E-state index in [4.69, 9.17) is 16.8 Å². The minimum absolute atomic E-state index is 0.00417. The summed E-state index contributed by atoms with van der Waals surface area (Å²) < 4.78 is 14.1. The summed E-state index contributed by atoms with van der Waals surface area (Å²) >= 11 is 1.60. The van der Waals surface area contributed by atoms with Crippen molar-refractivity contribution in [3.63, 3.8) is 0 Å². The van der Waals surface area contributed by atoms with Gasteiger partial charge in [-0.1, -0.05) is 18.2 Å². The van der Waals surface area contributed by atoms with Crippen molar-refractivity contribution < 1.29 is 19.2 Å². The van der Waals surface area contributed by atoms with E-state index in [1.807, 2.05) is 29.6 Å². The first-order chi connectivity index (χ1) is 15.4. The predicted octanol–water partition coefficient (Wildman–Crippen LogP) is 2.25. The molecule has 1 aromatic heterocycles. The van der Waals surface area contributed by atoms with E-state index < -0.39 is 23.7 Å². The number of fused-ring (bicyclic) bond motifs is 1. The normalized spacial score (nSPS) is 12.4. The fourth-order valence-corrected chi connectivity index (χ4v) is 4.19. The smallest absolute Gasteiger partial charge is 0.251 e. The highest BCUT2D eigenvalue weighted by atomic mass is 32.1. The first kappa shape index (κ1) is 23.2. The number of nitrogens with one attached hydrogen (secondary N) is 2. The quantitative estimate of drug-likeness (QED) is 0.190. The molecule has 3 aromatic rings. The maximum absolute atomic E-state index is 13.0. The Labute approximate surface area is 188 Å². The summed E-state index contributed by atoms with van der Waals surface area (Å²) in [6.07, 6.45) is 1.82. The summed E-state index contributed by atoms with van der Waals surface area (Å²) in [5.74, 6) is 4.75. The van der Waals surface area contributed by atoms with Crippen LogP contribution >= 0.6 is 11.3 Å². The van der Waals surface area contributed by atoms with Gasteiger partial charge in [0.2, 0.25) is 5.91 Å². The monoisotopic (exact) mass is 457 g/mol. The second kappa shape index (κ2) is 10.7. The van der Waals surface area contributed by atoms with E-state index in [-0.39, 0.29) is 18.7 Å². The van der Waals surface area contributed by atoms with E-state index in [1.54, 1.807) is 16.8 Å². The molecule has 0 spiro atoms. The fraction of sp³-hybridized carbons (Fsp3) is 0.182. The molecular formula is C22H24FN5O3S. The summed E-state index contributed by atoms with van der Waals surface area (Å²) in [6, 6.07) is 12.5. The van der Waals surface area contributed by atoms with Gasteiger partial charge in [0.25, 0.3) is 5.91 Å². The molecule has 10 heteroatoms. The topological polar surface area (TPSA) is 134 Å². The first-order valence-corrected chi connectivity index (χ1v) is 10.7. The highest BCUT2D eigenvalue weighted by Gasteiger charge is 2.20. The first-order valence-electron chi connectivity index (χ1n) is 9.78. The van der Waals surface area contributed by atoms with Crippen molar-refractivity contribution in [2.45, 2.75) is 18.9 Å². The second-order valence-electron chi connectivity index (χ2n) is 7.19. The second-order valence-corrected chi connectivity index (χ2v) is 8.11. The average molecular weight is 458 g/mol. The third-order valence-corrected chi connectivity index (χ3v) is 5.87. The lowest BCUT2D eigenvalue weighted by molar-refractivity contribution is -0.130. The van der Waals surface area contributed by atoms with E-state index in [9.17, 15) is 14.0 Å². The van der Waals surface area contributed by atoms with Crippen molar-refractivity contribution in [2.75, 3.05) is 6.54 Å². The lowest BCUT2D eigenvalue weighted by atomic mass is 10.0. The van der Waals surface area contributed by atoms with Crippen molar-refractivity contribution in [1.82, 2.24) is 15.8 Å². The Hall–Kier alpha value is -3.47. The molecular weight excluding hydrogens is 433 g/mol. The molecule has 3 rings (SSSR count). The van der Waals surface area contributed by atoms with Gasteiger partial charge in [0.05, 0.1) is 19.0 Å². The van der Waals surface area contributed by atoms with Crippen LogP contribution in [0.2, 0.25) is 0 Å². The molecule has 0 aliphatic heterocycles. The molecule has 1 unspecified atom stereocenters. The molecule has 2 amide bonds. The number of amides is 2. The number of hydrazine groups is 1. The zero-order chi connectivity index (χ0) is 23.1. The number of nitrogens with two attached hydrogens (primary N) is 2. The standard InChI is InChI=1S/C22H24FN5O3S/c23-16-7-5-14(6-8-16)22(30)26-11-17(24)12-28(25)18(10-21(29)27-31)9-15-13-32-20-4-2-1-3-19(15)20/h1-8,12-13,18,31H,9-11,24-25H2,(H,26,30)(H,27,29)/b17-12-. The molecule has 1 heterocycles. The van der Waals surface area contributed by atoms with Crippen LogP contribution in [-0.4, -0.2) is 34.6 Å². The van der Waals surface area contributed by atoms with Crippen molar-refractivity contribution in [3.8, 4) is 0 Å². The van der Waals surface area contributed by atoms with Gasteiger partial charge in [-0.3, -0.25) is 14.8 Å². The number of carbonyl (C=O) groups is 2. The molecule has 1 atom stereocenters. The zero-order valence-corrected chi connectivity index (χ0v) is 17.9. The number of carbonyl (C=O) groups excluding carboxylic acids is 2. The fourth-order valence-electron chi connectivity index (χ4n) is 3.22. The van der Waals surface area contributed by atoms with Gasteiger partial charge in [-0.05, 0) is 53.1 Å². The van der Waals surface area contributed by atoms with Gasteiger partial charge in [-0.2, -0.15) is 0 Å². The molecule has 168 valence electrons. The molecule has 0 fully saturated rings. The van der Waals surface area contributed by atoms with Crippen LogP contribution in [0.25, 0.3) is 10.1 Å². The highest BCUT2D eigenvalue weighted by molar-refractivity contribution is 7.17. The van der Waals surface area contributed by atoms with Gasteiger partial charge in [0.15, 0.2) is 0 Å².